The summed E-state index contributed by atoms with van der Waals surface area (Å²) in [4.78, 5) is 15.1. The van der Waals surface area contributed by atoms with E-state index in [1.807, 2.05) is 36.4 Å². The lowest BCUT2D eigenvalue weighted by atomic mass is 10.0. The molecule has 49 heavy (non-hydrogen) atoms. The molecule has 0 fully saturated rings. The van der Waals surface area contributed by atoms with Crippen molar-refractivity contribution in [2.24, 2.45) is 0 Å². The Morgan fingerprint density at radius 2 is 0.735 bits per heavy atom. The molecule has 0 bridgehead atoms. The molecule has 2 aromatic heterocycles. The van der Waals surface area contributed by atoms with E-state index >= 15 is 0 Å². The molecule has 0 aliphatic rings. The summed E-state index contributed by atoms with van der Waals surface area (Å²) in [5.74, 6) is 1.93. The molecule has 9 aromatic rings. The molecule has 0 radical (unpaired) electrons. The molecular formula is C45H30N4. The van der Waals surface area contributed by atoms with Crippen molar-refractivity contribution in [3.8, 4) is 62.1 Å². The fraction of sp³-hybridized carbons (Fsp3) is 0. The molecule has 2 heterocycles. The van der Waals surface area contributed by atoms with Gasteiger partial charge < -0.3 is 4.57 Å². The molecule has 9 rings (SSSR count). The molecular weight excluding hydrogens is 597 g/mol. The summed E-state index contributed by atoms with van der Waals surface area (Å²) in [6.45, 7) is 0. The summed E-state index contributed by atoms with van der Waals surface area (Å²) in [7, 11) is 0. The van der Waals surface area contributed by atoms with Crippen LogP contribution >= 0.6 is 0 Å². The molecule has 7 aromatic carbocycles. The van der Waals surface area contributed by atoms with Gasteiger partial charge in [0.15, 0.2) is 17.5 Å². The van der Waals surface area contributed by atoms with Gasteiger partial charge in [-0.25, -0.2) is 15.0 Å². The third-order valence-corrected chi connectivity index (χ3v) is 9.06. The van der Waals surface area contributed by atoms with Crippen molar-refractivity contribution in [2.45, 2.75) is 0 Å². The van der Waals surface area contributed by atoms with Gasteiger partial charge >= 0.3 is 0 Å². The van der Waals surface area contributed by atoms with E-state index in [0.717, 1.165) is 44.4 Å². The standard InChI is InChI=1S/C45H30N4/c1-4-13-31(14-5-1)33-23-25-35(26-24-33)44-46-43(34-17-8-3-9-18-34)47-45(48-44)37-27-28-42-40(30-37)39-21-10-11-22-41(39)49(42)38-20-12-19-36(29-38)32-15-6-2-7-16-32/h1-30H. The topological polar surface area (TPSA) is 43.6 Å². The SMILES string of the molecule is c1ccc(-c2ccc(-c3nc(-c4ccccc4)nc(-c4ccc5c(c4)c4ccccc4n5-c4cccc(-c5ccccc5)c4)n3)cc2)cc1. The van der Waals surface area contributed by atoms with Gasteiger partial charge in [-0.2, -0.15) is 0 Å². The predicted octanol–water partition coefficient (Wildman–Crippen LogP) is 11.3. The first kappa shape index (κ1) is 28.6. The van der Waals surface area contributed by atoms with E-state index in [1.165, 1.54) is 22.1 Å². The van der Waals surface area contributed by atoms with Crippen LogP contribution in [0.3, 0.4) is 0 Å². The van der Waals surface area contributed by atoms with E-state index in [2.05, 4.69) is 150 Å². The fourth-order valence-corrected chi connectivity index (χ4v) is 6.64. The molecule has 0 aliphatic carbocycles. The van der Waals surface area contributed by atoms with Crippen molar-refractivity contribution in [2.75, 3.05) is 0 Å². The van der Waals surface area contributed by atoms with Gasteiger partial charge in [-0.15, -0.1) is 0 Å². The maximum atomic E-state index is 5.07. The first-order chi connectivity index (χ1) is 24.3. The average molecular weight is 627 g/mol. The quantitative estimate of drug-likeness (QED) is 0.184. The van der Waals surface area contributed by atoms with E-state index in [9.17, 15) is 0 Å². The number of rotatable bonds is 6. The molecule has 0 saturated heterocycles. The number of nitrogens with zero attached hydrogens (tertiary/aromatic N) is 4. The van der Waals surface area contributed by atoms with Crippen LogP contribution in [-0.2, 0) is 0 Å². The minimum absolute atomic E-state index is 0.640. The molecule has 4 nitrogen and oxygen atoms in total. The van der Waals surface area contributed by atoms with Gasteiger partial charge in [-0.3, -0.25) is 0 Å². The number of aromatic nitrogens is 4. The van der Waals surface area contributed by atoms with Gasteiger partial charge in [-0.1, -0.05) is 146 Å². The van der Waals surface area contributed by atoms with Crippen LogP contribution in [0.4, 0.5) is 0 Å². The van der Waals surface area contributed by atoms with Crippen LogP contribution in [0.5, 0.6) is 0 Å². The largest absolute Gasteiger partial charge is 0.309 e. The Kier molecular flexibility index (Phi) is 7.10. The van der Waals surface area contributed by atoms with E-state index in [4.69, 9.17) is 15.0 Å². The molecule has 0 unspecified atom stereocenters. The van der Waals surface area contributed by atoms with Crippen LogP contribution in [0.1, 0.15) is 0 Å². The van der Waals surface area contributed by atoms with Gasteiger partial charge in [-0.05, 0) is 58.7 Å². The van der Waals surface area contributed by atoms with E-state index < -0.39 is 0 Å². The normalized spacial score (nSPS) is 11.3. The number of para-hydroxylation sites is 1. The summed E-state index contributed by atoms with van der Waals surface area (Å²) >= 11 is 0. The lowest BCUT2D eigenvalue weighted by Gasteiger charge is -2.11. The second-order valence-electron chi connectivity index (χ2n) is 12.1. The van der Waals surface area contributed by atoms with Crippen LogP contribution in [0.25, 0.3) is 83.9 Å². The number of hydrogen-bond acceptors (Lipinski definition) is 3. The summed E-state index contributed by atoms with van der Waals surface area (Å²) in [6, 6.07) is 63.4. The minimum atomic E-state index is 0.640. The highest BCUT2D eigenvalue weighted by Gasteiger charge is 2.17. The summed E-state index contributed by atoms with van der Waals surface area (Å²) in [6.07, 6.45) is 0. The molecule has 0 aliphatic heterocycles. The number of fused-ring (bicyclic) bond motifs is 3. The highest BCUT2D eigenvalue weighted by atomic mass is 15.0. The van der Waals surface area contributed by atoms with E-state index in [0.29, 0.717) is 17.5 Å². The van der Waals surface area contributed by atoms with Crippen molar-refractivity contribution in [3.05, 3.63) is 182 Å². The first-order valence-corrected chi connectivity index (χ1v) is 16.5. The Morgan fingerprint density at radius 3 is 1.41 bits per heavy atom. The van der Waals surface area contributed by atoms with Crippen molar-refractivity contribution in [1.29, 1.82) is 0 Å². The van der Waals surface area contributed by atoms with E-state index in [1.54, 1.807) is 0 Å². The summed E-state index contributed by atoms with van der Waals surface area (Å²) < 4.78 is 2.35. The molecule has 0 N–H and O–H groups in total. The second kappa shape index (κ2) is 12.2. The Bertz CT molecular complexity index is 2570. The van der Waals surface area contributed by atoms with Crippen molar-refractivity contribution >= 4 is 21.8 Å². The van der Waals surface area contributed by atoms with Crippen molar-refractivity contribution in [1.82, 2.24) is 19.5 Å². The summed E-state index contributed by atoms with van der Waals surface area (Å²) in [5, 5.41) is 2.33. The van der Waals surface area contributed by atoms with Crippen LogP contribution in [0, 0.1) is 0 Å². The highest BCUT2D eigenvalue weighted by molar-refractivity contribution is 6.10. The molecule has 230 valence electrons. The highest BCUT2D eigenvalue weighted by Crippen LogP contribution is 2.36. The van der Waals surface area contributed by atoms with Gasteiger partial charge in [0.2, 0.25) is 0 Å². The Labute approximate surface area is 284 Å². The number of benzene rings is 7. The zero-order valence-electron chi connectivity index (χ0n) is 26.6. The van der Waals surface area contributed by atoms with Gasteiger partial charge in [0.05, 0.1) is 11.0 Å². The monoisotopic (exact) mass is 626 g/mol. The molecule has 0 spiro atoms. The van der Waals surface area contributed by atoms with Crippen molar-refractivity contribution in [3.63, 3.8) is 0 Å². The maximum absolute atomic E-state index is 5.07. The first-order valence-electron chi connectivity index (χ1n) is 16.5. The zero-order chi connectivity index (χ0) is 32.6. The Morgan fingerprint density at radius 1 is 0.286 bits per heavy atom. The fourth-order valence-electron chi connectivity index (χ4n) is 6.64. The van der Waals surface area contributed by atoms with Crippen LogP contribution in [0.2, 0.25) is 0 Å². The lowest BCUT2D eigenvalue weighted by molar-refractivity contribution is 1.07. The van der Waals surface area contributed by atoms with Gasteiger partial charge in [0.1, 0.15) is 0 Å². The molecule has 0 saturated carbocycles. The Hall–Kier alpha value is -6.65. The summed E-state index contributed by atoms with van der Waals surface area (Å²) in [5.41, 5.74) is 10.9. The molecule has 0 atom stereocenters. The van der Waals surface area contributed by atoms with Crippen LogP contribution < -0.4 is 0 Å². The van der Waals surface area contributed by atoms with Crippen LogP contribution in [-0.4, -0.2) is 19.5 Å². The Balaban J connectivity index is 1.19. The molecule has 4 heteroatoms. The second-order valence-corrected chi connectivity index (χ2v) is 12.1. The molecule has 0 amide bonds. The smallest absolute Gasteiger partial charge is 0.164 e. The maximum Gasteiger partial charge on any atom is 0.164 e. The third kappa shape index (κ3) is 5.35. The van der Waals surface area contributed by atoms with Crippen molar-refractivity contribution < 1.29 is 0 Å². The van der Waals surface area contributed by atoms with Gasteiger partial charge in [0, 0.05) is 33.2 Å². The predicted molar refractivity (Wildman–Crippen MR) is 201 cm³/mol. The van der Waals surface area contributed by atoms with Crippen LogP contribution in [0.15, 0.2) is 182 Å². The minimum Gasteiger partial charge on any atom is -0.309 e. The zero-order valence-corrected chi connectivity index (χ0v) is 26.6. The number of hydrogen-bond donors (Lipinski definition) is 0. The van der Waals surface area contributed by atoms with Gasteiger partial charge in [0.25, 0.3) is 0 Å². The van der Waals surface area contributed by atoms with E-state index in [-0.39, 0.29) is 0 Å². The third-order valence-electron chi connectivity index (χ3n) is 9.06. The lowest BCUT2D eigenvalue weighted by Crippen LogP contribution is -2.00. The average Bonchev–Trinajstić information content (AvgIpc) is 3.52.